The average Bonchev–Trinajstić information content (AvgIpc) is 3.40. The summed E-state index contributed by atoms with van der Waals surface area (Å²) in [6.45, 7) is 7.47. The number of nitrogens with zero attached hydrogens (tertiary/aromatic N) is 5. The van der Waals surface area contributed by atoms with E-state index in [4.69, 9.17) is 0 Å². The Balaban J connectivity index is 1.15. The van der Waals surface area contributed by atoms with Crippen molar-refractivity contribution in [2.45, 2.75) is 57.8 Å². The molecular weight excluding hydrogens is 461 g/mol. The lowest BCUT2D eigenvalue weighted by Crippen LogP contribution is -2.50. The summed E-state index contributed by atoms with van der Waals surface area (Å²) in [6, 6.07) is 6.34. The van der Waals surface area contributed by atoms with Crippen LogP contribution in [0.2, 0.25) is 0 Å². The number of hydrogen-bond acceptors (Lipinski definition) is 5. The Hall–Kier alpha value is -2.94. The number of alkyl halides is 1. The molecule has 9 heteroatoms. The largest absolute Gasteiger partial charge is 0.390 e. The van der Waals surface area contributed by atoms with E-state index in [1.165, 1.54) is 21.7 Å². The monoisotopic (exact) mass is 495 g/mol. The molecule has 4 atom stereocenters. The van der Waals surface area contributed by atoms with Crippen molar-refractivity contribution in [3.05, 3.63) is 46.3 Å². The Labute approximate surface area is 210 Å². The van der Waals surface area contributed by atoms with Gasteiger partial charge in [-0.2, -0.15) is 5.10 Å². The Bertz CT molecular complexity index is 1200. The number of likely N-dealkylation sites (tertiary alicyclic amines) is 1. The maximum absolute atomic E-state index is 14.1. The van der Waals surface area contributed by atoms with E-state index in [-0.39, 0.29) is 31.3 Å². The molecule has 4 aliphatic rings. The zero-order chi connectivity index (χ0) is 25.1. The van der Waals surface area contributed by atoms with E-state index >= 15 is 0 Å². The lowest BCUT2D eigenvalue weighted by molar-refractivity contribution is -0.132. The van der Waals surface area contributed by atoms with Crippen LogP contribution in [0.1, 0.15) is 51.6 Å². The average molecular weight is 496 g/mol. The SMILES string of the molecule is Cc1cccc(N2CCN(C(=O)Cn3nc(C(=O)N4CC[C@H](O)[C@H](F)C4)c4c3CC3C[C@H]43)CC2)c1C. The summed E-state index contributed by atoms with van der Waals surface area (Å²) in [6.07, 6.45) is -0.321. The minimum absolute atomic E-state index is 0.0189. The predicted octanol–water partition coefficient (Wildman–Crippen LogP) is 2.05. The second kappa shape index (κ2) is 8.87. The second-order valence-electron chi connectivity index (χ2n) is 10.9. The Morgan fingerprint density at radius 2 is 1.89 bits per heavy atom. The molecule has 6 rings (SSSR count). The van der Waals surface area contributed by atoms with Gasteiger partial charge >= 0.3 is 0 Å². The number of aryl methyl sites for hydroxylation is 1. The molecule has 0 radical (unpaired) electrons. The van der Waals surface area contributed by atoms with Crippen LogP contribution in [0, 0.1) is 19.8 Å². The molecule has 1 unspecified atom stereocenters. The molecule has 1 saturated carbocycles. The van der Waals surface area contributed by atoms with Gasteiger partial charge in [0.1, 0.15) is 12.7 Å². The molecule has 2 aliphatic carbocycles. The highest BCUT2D eigenvalue weighted by Gasteiger charge is 2.51. The molecule has 0 spiro atoms. The number of carbonyl (C=O) groups excluding carboxylic acids is 2. The summed E-state index contributed by atoms with van der Waals surface area (Å²) < 4.78 is 15.8. The van der Waals surface area contributed by atoms with Crippen molar-refractivity contribution in [3.8, 4) is 0 Å². The smallest absolute Gasteiger partial charge is 0.274 e. The fraction of sp³-hybridized carbons (Fsp3) is 0.593. The molecule has 36 heavy (non-hydrogen) atoms. The highest BCUT2D eigenvalue weighted by atomic mass is 19.1. The number of hydrogen-bond donors (Lipinski definition) is 1. The number of piperazine rings is 1. The van der Waals surface area contributed by atoms with Gasteiger partial charge in [-0.15, -0.1) is 0 Å². The van der Waals surface area contributed by atoms with Gasteiger partial charge in [-0.05, 0) is 62.1 Å². The molecule has 0 bridgehead atoms. The number of rotatable bonds is 4. The first-order valence-corrected chi connectivity index (χ1v) is 13.1. The number of halogens is 1. The summed E-state index contributed by atoms with van der Waals surface area (Å²) in [5.74, 6) is 0.608. The summed E-state index contributed by atoms with van der Waals surface area (Å²) >= 11 is 0. The number of aromatic nitrogens is 2. The van der Waals surface area contributed by atoms with E-state index in [2.05, 4.69) is 42.0 Å². The van der Waals surface area contributed by atoms with Crippen LogP contribution in [-0.2, 0) is 17.8 Å². The molecule has 3 fully saturated rings. The van der Waals surface area contributed by atoms with Crippen molar-refractivity contribution < 1.29 is 19.1 Å². The van der Waals surface area contributed by atoms with Crippen LogP contribution in [0.25, 0.3) is 0 Å². The van der Waals surface area contributed by atoms with E-state index in [9.17, 15) is 19.1 Å². The van der Waals surface area contributed by atoms with E-state index in [0.717, 1.165) is 37.2 Å². The molecule has 8 nitrogen and oxygen atoms in total. The standard InChI is InChI=1S/C27H34FN5O3/c1-16-4-3-5-21(17(16)2)30-8-10-31(11-9-30)24(35)15-33-22-13-18-12-19(18)25(22)26(29-33)27(36)32-7-6-23(34)20(28)14-32/h3-5,18-20,23,34H,6-15H2,1-2H3/t18?,19-,20+,23-/m0/s1. The lowest BCUT2D eigenvalue weighted by Gasteiger charge is -2.37. The third-order valence-corrected chi connectivity index (χ3v) is 8.68. The predicted molar refractivity (Wildman–Crippen MR) is 133 cm³/mol. The molecule has 1 aromatic heterocycles. The number of fused-ring (bicyclic) bond motifs is 3. The summed E-state index contributed by atoms with van der Waals surface area (Å²) in [5, 5.41) is 14.3. The van der Waals surface area contributed by atoms with Crippen LogP contribution < -0.4 is 4.90 Å². The quantitative estimate of drug-likeness (QED) is 0.702. The minimum Gasteiger partial charge on any atom is -0.390 e. The van der Waals surface area contributed by atoms with Gasteiger partial charge < -0.3 is 19.8 Å². The fourth-order valence-electron chi connectivity index (χ4n) is 6.21. The number of aliphatic hydroxyl groups excluding tert-OH is 1. The Kier molecular flexibility index (Phi) is 5.78. The van der Waals surface area contributed by atoms with Crippen molar-refractivity contribution in [2.24, 2.45) is 5.92 Å². The molecule has 192 valence electrons. The van der Waals surface area contributed by atoms with Crippen molar-refractivity contribution in [2.75, 3.05) is 44.2 Å². The van der Waals surface area contributed by atoms with E-state index < -0.39 is 12.3 Å². The number of carbonyl (C=O) groups is 2. The molecule has 3 heterocycles. The molecule has 2 saturated heterocycles. The van der Waals surface area contributed by atoms with Crippen LogP contribution in [0.4, 0.5) is 10.1 Å². The minimum atomic E-state index is -1.43. The van der Waals surface area contributed by atoms with Crippen LogP contribution in [0.15, 0.2) is 18.2 Å². The highest BCUT2D eigenvalue weighted by molar-refractivity contribution is 5.95. The molecule has 2 aliphatic heterocycles. The number of piperidine rings is 1. The molecule has 2 amide bonds. The summed E-state index contributed by atoms with van der Waals surface area (Å²) in [4.78, 5) is 32.3. The first kappa shape index (κ1) is 23.5. The highest BCUT2D eigenvalue weighted by Crippen LogP contribution is 2.57. The van der Waals surface area contributed by atoms with Gasteiger partial charge in [0, 0.05) is 49.7 Å². The van der Waals surface area contributed by atoms with E-state index in [0.29, 0.717) is 37.2 Å². The Morgan fingerprint density at radius 3 is 2.64 bits per heavy atom. The van der Waals surface area contributed by atoms with Gasteiger partial charge in [-0.25, -0.2) is 4.39 Å². The van der Waals surface area contributed by atoms with Crippen molar-refractivity contribution in [1.29, 1.82) is 0 Å². The zero-order valence-electron chi connectivity index (χ0n) is 21.0. The molecule has 1 N–H and O–H groups in total. The third kappa shape index (κ3) is 3.97. The van der Waals surface area contributed by atoms with Crippen LogP contribution in [-0.4, -0.2) is 88.0 Å². The van der Waals surface area contributed by atoms with Crippen molar-refractivity contribution in [3.63, 3.8) is 0 Å². The van der Waals surface area contributed by atoms with Crippen LogP contribution in [0.3, 0.4) is 0 Å². The number of benzene rings is 1. The van der Waals surface area contributed by atoms with Crippen LogP contribution in [0.5, 0.6) is 0 Å². The van der Waals surface area contributed by atoms with Crippen molar-refractivity contribution >= 4 is 17.5 Å². The van der Waals surface area contributed by atoms with Gasteiger partial charge in [0.25, 0.3) is 5.91 Å². The van der Waals surface area contributed by atoms with Crippen LogP contribution >= 0.6 is 0 Å². The number of anilines is 1. The van der Waals surface area contributed by atoms with Gasteiger partial charge in [0.15, 0.2) is 5.69 Å². The van der Waals surface area contributed by atoms with Gasteiger partial charge in [-0.1, -0.05) is 12.1 Å². The second-order valence-corrected chi connectivity index (χ2v) is 10.9. The van der Waals surface area contributed by atoms with E-state index in [1.807, 2.05) is 4.90 Å². The van der Waals surface area contributed by atoms with E-state index in [1.54, 1.807) is 4.68 Å². The van der Waals surface area contributed by atoms with Gasteiger partial charge in [0.05, 0.1) is 12.6 Å². The lowest BCUT2D eigenvalue weighted by atomic mass is 10.0. The van der Waals surface area contributed by atoms with Gasteiger partial charge in [0.2, 0.25) is 5.91 Å². The first-order chi connectivity index (χ1) is 17.3. The third-order valence-electron chi connectivity index (χ3n) is 8.68. The molecular formula is C27H34FN5O3. The molecule has 1 aromatic carbocycles. The maximum Gasteiger partial charge on any atom is 0.274 e. The number of aliphatic hydroxyl groups is 1. The zero-order valence-corrected chi connectivity index (χ0v) is 21.0. The number of amides is 2. The molecule has 2 aromatic rings. The fourth-order valence-corrected chi connectivity index (χ4v) is 6.21. The Morgan fingerprint density at radius 1 is 1.11 bits per heavy atom. The van der Waals surface area contributed by atoms with Crippen molar-refractivity contribution in [1.82, 2.24) is 19.6 Å². The summed E-state index contributed by atoms with van der Waals surface area (Å²) in [7, 11) is 0. The summed E-state index contributed by atoms with van der Waals surface area (Å²) in [5.41, 5.74) is 6.13. The maximum atomic E-state index is 14.1. The normalized spacial score (nSPS) is 27.2. The first-order valence-electron chi connectivity index (χ1n) is 13.1. The van der Waals surface area contributed by atoms with Gasteiger partial charge in [-0.3, -0.25) is 14.3 Å². The topological polar surface area (TPSA) is 81.9 Å².